The fourth-order valence-corrected chi connectivity index (χ4v) is 1.45. The molecule has 3 N–H and O–H groups in total. The second-order valence-electron chi connectivity index (χ2n) is 3.14. The highest BCUT2D eigenvalue weighted by atomic mass is 32.1. The number of hydrogen-bond acceptors (Lipinski definition) is 2. The molecular formula is C11H15N3OS. The standard InChI is InChI=1S/C11H15N3OS/c1-3-13-11(16)14-9-6-4-8(5-7-9)10(15)12-2/h4-7H,3H2,1-2H3,(H,12,15)(H2,13,14,16). The quantitative estimate of drug-likeness (QED) is 0.695. The lowest BCUT2D eigenvalue weighted by Gasteiger charge is -2.08. The van der Waals surface area contributed by atoms with Crippen molar-refractivity contribution in [3.63, 3.8) is 0 Å². The molecule has 4 nitrogen and oxygen atoms in total. The number of benzene rings is 1. The van der Waals surface area contributed by atoms with Crippen LogP contribution in [0.25, 0.3) is 0 Å². The van der Waals surface area contributed by atoms with Crippen molar-refractivity contribution in [3.8, 4) is 0 Å². The Bertz CT molecular complexity index is 375. The molecule has 0 saturated heterocycles. The number of carbonyl (C=O) groups is 1. The van der Waals surface area contributed by atoms with E-state index in [0.717, 1.165) is 12.2 Å². The molecule has 0 unspecified atom stereocenters. The van der Waals surface area contributed by atoms with E-state index in [-0.39, 0.29) is 5.91 Å². The molecule has 0 saturated carbocycles. The molecule has 1 aromatic carbocycles. The van der Waals surface area contributed by atoms with Gasteiger partial charge in [-0.15, -0.1) is 0 Å². The average Bonchev–Trinajstić information content (AvgIpc) is 2.29. The normalized spacial score (nSPS) is 9.38. The van der Waals surface area contributed by atoms with E-state index in [4.69, 9.17) is 12.2 Å². The van der Waals surface area contributed by atoms with Gasteiger partial charge < -0.3 is 16.0 Å². The maximum Gasteiger partial charge on any atom is 0.251 e. The molecule has 0 fully saturated rings. The van der Waals surface area contributed by atoms with Gasteiger partial charge in [0.2, 0.25) is 0 Å². The minimum absolute atomic E-state index is 0.0965. The predicted octanol–water partition coefficient (Wildman–Crippen LogP) is 1.35. The summed E-state index contributed by atoms with van der Waals surface area (Å²) in [6, 6.07) is 7.12. The van der Waals surface area contributed by atoms with Gasteiger partial charge in [0, 0.05) is 24.8 Å². The number of amides is 1. The third kappa shape index (κ3) is 3.51. The van der Waals surface area contributed by atoms with Crippen LogP contribution in [0.5, 0.6) is 0 Å². The Morgan fingerprint density at radius 3 is 2.44 bits per heavy atom. The Morgan fingerprint density at radius 2 is 1.94 bits per heavy atom. The number of anilines is 1. The second-order valence-corrected chi connectivity index (χ2v) is 3.55. The van der Waals surface area contributed by atoms with E-state index in [1.807, 2.05) is 19.1 Å². The molecule has 16 heavy (non-hydrogen) atoms. The zero-order valence-electron chi connectivity index (χ0n) is 9.33. The Hall–Kier alpha value is -1.62. The van der Waals surface area contributed by atoms with Gasteiger partial charge in [0.1, 0.15) is 0 Å². The third-order valence-corrected chi connectivity index (χ3v) is 2.22. The van der Waals surface area contributed by atoms with Crippen molar-refractivity contribution in [1.29, 1.82) is 0 Å². The minimum Gasteiger partial charge on any atom is -0.363 e. The van der Waals surface area contributed by atoms with Gasteiger partial charge in [-0.05, 0) is 43.4 Å². The summed E-state index contributed by atoms with van der Waals surface area (Å²) in [6.07, 6.45) is 0. The van der Waals surface area contributed by atoms with Crippen LogP contribution in [0, 0.1) is 0 Å². The summed E-state index contributed by atoms with van der Waals surface area (Å²) in [5, 5.41) is 9.14. The van der Waals surface area contributed by atoms with Crippen LogP contribution in [0.15, 0.2) is 24.3 Å². The van der Waals surface area contributed by atoms with Crippen molar-refractivity contribution in [2.75, 3.05) is 18.9 Å². The number of rotatable bonds is 3. The lowest BCUT2D eigenvalue weighted by Crippen LogP contribution is -2.27. The van der Waals surface area contributed by atoms with Crippen LogP contribution in [0.3, 0.4) is 0 Å². The first kappa shape index (κ1) is 12.4. The van der Waals surface area contributed by atoms with Crippen molar-refractivity contribution < 1.29 is 4.79 Å². The lowest BCUT2D eigenvalue weighted by molar-refractivity contribution is 0.0963. The molecule has 0 aliphatic heterocycles. The van der Waals surface area contributed by atoms with Gasteiger partial charge in [0.05, 0.1) is 0 Å². The number of nitrogens with one attached hydrogen (secondary N) is 3. The molecule has 1 amide bonds. The molecule has 1 aromatic rings. The number of hydrogen-bond donors (Lipinski definition) is 3. The molecule has 1 rings (SSSR count). The van der Waals surface area contributed by atoms with Gasteiger partial charge in [0.15, 0.2) is 5.11 Å². The Kier molecular flexibility index (Phi) is 4.72. The van der Waals surface area contributed by atoms with Crippen LogP contribution in [0.2, 0.25) is 0 Å². The van der Waals surface area contributed by atoms with E-state index < -0.39 is 0 Å². The van der Waals surface area contributed by atoms with Crippen LogP contribution in [-0.2, 0) is 0 Å². The Morgan fingerprint density at radius 1 is 1.31 bits per heavy atom. The third-order valence-electron chi connectivity index (χ3n) is 1.97. The average molecular weight is 237 g/mol. The summed E-state index contributed by atoms with van der Waals surface area (Å²) >= 11 is 5.04. The Balaban J connectivity index is 2.64. The predicted molar refractivity (Wildman–Crippen MR) is 69.7 cm³/mol. The Labute approximate surface area is 100 Å². The first-order chi connectivity index (χ1) is 7.67. The van der Waals surface area contributed by atoms with E-state index in [9.17, 15) is 4.79 Å². The zero-order chi connectivity index (χ0) is 12.0. The second kappa shape index (κ2) is 6.07. The summed E-state index contributed by atoms with van der Waals surface area (Å²) < 4.78 is 0. The van der Waals surface area contributed by atoms with Gasteiger partial charge in [0.25, 0.3) is 5.91 Å². The number of thiocarbonyl (C=S) groups is 1. The molecule has 0 heterocycles. The van der Waals surface area contributed by atoms with E-state index in [2.05, 4.69) is 16.0 Å². The van der Waals surface area contributed by atoms with E-state index >= 15 is 0 Å². The van der Waals surface area contributed by atoms with Gasteiger partial charge in [-0.25, -0.2) is 0 Å². The molecule has 0 spiro atoms. The van der Waals surface area contributed by atoms with E-state index in [1.54, 1.807) is 19.2 Å². The first-order valence-corrected chi connectivity index (χ1v) is 5.45. The largest absolute Gasteiger partial charge is 0.363 e. The molecule has 0 atom stereocenters. The first-order valence-electron chi connectivity index (χ1n) is 5.04. The lowest BCUT2D eigenvalue weighted by atomic mass is 10.2. The van der Waals surface area contributed by atoms with Gasteiger partial charge in [-0.3, -0.25) is 4.79 Å². The van der Waals surface area contributed by atoms with Crippen LogP contribution in [0.1, 0.15) is 17.3 Å². The molecule has 0 bridgehead atoms. The minimum atomic E-state index is -0.0965. The van der Waals surface area contributed by atoms with Crippen LogP contribution < -0.4 is 16.0 Å². The van der Waals surface area contributed by atoms with E-state index in [1.165, 1.54) is 0 Å². The molecule has 0 aliphatic carbocycles. The molecule has 0 aromatic heterocycles. The highest BCUT2D eigenvalue weighted by Gasteiger charge is 2.02. The van der Waals surface area contributed by atoms with Crippen LogP contribution in [0.4, 0.5) is 5.69 Å². The fourth-order valence-electron chi connectivity index (χ4n) is 1.19. The topological polar surface area (TPSA) is 53.2 Å². The van der Waals surface area contributed by atoms with Crippen LogP contribution in [-0.4, -0.2) is 24.6 Å². The van der Waals surface area contributed by atoms with Crippen molar-refractivity contribution in [1.82, 2.24) is 10.6 Å². The summed E-state index contributed by atoms with van der Waals surface area (Å²) in [5.41, 5.74) is 1.49. The summed E-state index contributed by atoms with van der Waals surface area (Å²) in [7, 11) is 1.61. The smallest absolute Gasteiger partial charge is 0.251 e. The maximum absolute atomic E-state index is 11.3. The van der Waals surface area contributed by atoms with Crippen molar-refractivity contribution in [3.05, 3.63) is 29.8 Å². The molecule has 0 radical (unpaired) electrons. The monoisotopic (exact) mass is 237 g/mol. The van der Waals surface area contributed by atoms with Gasteiger partial charge in [-0.2, -0.15) is 0 Å². The van der Waals surface area contributed by atoms with Gasteiger partial charge >= 0.3 is 0 Å². The highest BCUT2D eigenvalue weighted by Crippen LogP contribution is 2.09. The van der Waals surface area contributed by atoms with Crippen molar-refractivity contribution in [2.45, 2.75) is 6.92 Å². The molecule has 0 aliphatic rings. The summed E-state index contributed by atoms with van der Waals surface area (Å²) in [5.74, 6) is -0.0965. The molecule has 86 valence electrons. The number of carbonyl (C=O) groups excluding carboxylic acids is 1. The van der Waals surface area contributed by atoms with Crippen molar-refractivity contribution in [2.24, 2.45) is 0 Å². The summed E-state index contributed by atoms with van der Waals surface area (Å²) in [4.78, 5) is 11.3. The van der Waals surface area contributed by atoms with E-state index in [0.29, 0.717) is 10.7 Å². The maximum atomic E-state index is 11.3. The fraction of sp³-hybridized carbons (Fsp3) is 0.273. The summed E-state index contributed by atoms with van der Waals surface area (Å²) in [6.45, 7) is 2.75. The molecule has 5 heteroatoms. The molecular weight excluding hydrogens is 222 g/mol. The SMILES string of the molecule is CCNC(=S)Nc1ccc(C(=O)NC)cc1. The van der Waals surface area contributed by atoms with Crippen molar-refractivity contribution >= 4 is 28.9 Å². The highest BCUT2D eigenvalue weighted by molar-refractivity contribution is 7.80. The van der Waals surface area contributed by atoms with Gasteiger partial charge in [-0.1, -0.05) is 0 Å². The zero-order valence-corrected chi connectivity index (χ0v) is 10.1. The van der Waals surface area contributed by atoms with Crippen LogP contribution >= 0.6 is 12.2 Å².